The van der Waals surface area contributed by atoms with Crippen LogP contribution in [0.2, 0.25) is 0 Å². The zero-order valence-electron chi connectivity index (χ0n) is 14.1. The number of rotatable bonds is 7. The van der Waals surface area contributed by atoms with E-state index >= 15 is 0 Å². The summed E-state index contributed by atoms with van der Waals surface area (Å²) in [7, 11) is 0. The molecule has 1 fully saturated rings. The highest BCUT2D eigenvalue weighted by Gasteiger charge is 2.43. The molecule has 1 aromatic carbocycles. The van der Waals surface area contributed by atoms with Crippen molar-refractivity contribution >= 4 is 17.5 Å². The van der Waals surface area contributed by atoms with Gasteiger partial charge in [-0.3, -0.25) is 20.2 Å². The number of benzene rings is 1. The van der Waals surface area contributed by atoms with Gasteiger partial charge in [0.05, 0.1) is 15.9 Å². The third kappa shape index (κ3) is 4.84. The molecule has 1 aliphatic rings. The highest BCUT2D eigenvalue weighted by molar-refractivity contribution is 5.70. The molecule has 1 aliphatic carbocycles. The highest BCUT2D eigenvalue weighted by Crippen LogP contribution is 2.45. The molecule has 1 saturated carbocycles. The first-order chi connectivity index (χ1) is 13.0. The second-order valence-corrected chi connectivity index (χ2v) is 6.08. The Morgan fingerprint density at radius 3 is 2.29 bits per heavy atom. The van der Waals surface area contributed by atoms with Crippen molar-refractivity contribution < 1.29 is 41.7 Å². The third-order valence-corrected chi connectivity index (χ3v) is 4.17. The highest BCUT2D eigenvalue weighted by atomic mass is 19.3. The minimum atomic E-state index is -4.63. The Hall–Kier alpha value is -2.99. The maximum atomic E-state index is 12.9. The Morgan fingerprint density at radius 1 is 1.18 bits per heavy atom. The van der Waals surface area contributed by atoms with Gasteiger partial charge in [-0.15, -0.1) is 0 Å². The fraction of sp³-hybridized carbons (Fsp3) is 0.533. The monoisotopic (exact) mass is 410 g/mol. The van der Waals surface area contributed by atoms with Crippen molar-refractivity contribution in [1.29, 1.82) is 0 Å². The predicted octanol–water partition coefficient (Wildman–Crippen LogP) is 4.58. The Kier molecular flexibility index (Phi) is 6.36. The molecule has 0 atom stereocenters. The van der Waals surface area contributed by atoms with E-state index in [0.29, 0.717) is 18.9 Å². The zero-order valence-corrected chi connectivity index (χ0v) is 14.1. The predicted molar refractivity (Wildman–Crippen MR) is 83.9 cm³/mol. The van der Waals surface area contributed by atoms with E-state index in [0.717, 1.165) is 18.9 Å². The molecule has 1 aromatic rings. The number of hydrogen-bond acceptors (Lipinski definition) is 7. The molecule has 9 nitrogen and oxygen atoms in total. The van der Waals surface area contributed by atoms with Gasteiger partial charge in [0.25, 0.3) is 5.69 Å². The molecule has 0 N–H and O–H groups in total. The number of nitro benzene ring substituents is 2. The maximum Gasteiger partial charge on any atom is 0.514 e. The van der Waals surface area contributed by atoms with Crippen molar-refractivity contribution in [3.05, 3.63) is 37.9 Å². The molecule has 154 valence electrons. The van der Waals surface area contributed by atoms with Crippen molar-refractivity contribution in [2.24, 2.45) is 0 Å². The first-order valence-electron chi connectivity index (χ1n) is 8.00. The molecule has 0 spiro atoms. The standard InChI is InChI=1S/C15H14F4N2O7/c16-13(17)15(18,19)7-27-14(22)28-12-10(8-3-1-2-4-8)5-9(20(23)24)6-11(12)21(25)26/h5-6,8,13H,1-4,7H2. The van der Waals surface area contributed by atoms with Crippen LogP contribution in [0.3, 0.4) is 0 Å². The molecular weight excluding hydrogens is 396 g/mol. The number of carbonyl (C=O) groups excluding carboxylic acids is 1. The number of hydrogen-bond donors (Lipinski definition) is 0. The van der Waals surface area contributed by atoms with Crippen LogP contribution in [-0.4, -0.2) is 35.0 Å². The number of alkyl halides is 4. The van der Waals surface area contributed by atoms with Gasteiger partial charge in [-0.2, -0.15) is 8.78 Å². The third-order valence-electron chi connectivity index (χ3n) is 4.17. The van der Waals surface area contributed by atoms with E-state index in [1.165, 1.54) is 0 Å². The van der Waals surface area contributed by atoms with Crippen LogP contribution in [0.15, 0.2) is 12.1 Å². The normalized spacial score (nSPS) is 14.9. The summed E-state index contributed by atoms with van der Waals surface area (Å²) in [6, 6.07) is 1.55. The van der Waals surface area contributed by atoms with Crippen molar-refractivity contribution in [3.8, 4) is 5.75 Å². The minimum absolute atomic E-state index is 0.0176. The van der Waals surface area contributed by atoms with Gasteiger partial charge in [-0.1, -0.05) is 12.8 Å². The molecule has 28 heavy (non-hydrogen) atoms. The molecule has 0 aromatic heterocycles. The summed E-state index contributed by atoms with van der Waals surface area (Å²) in [5.74, 6) is -5.72. The SMILES string of the molecule is O=C(OCC(F)(F)C(F)F)Oc1c(C2CCCC2)cc([N+](=O)[O-])cc1[N+](=O)[O-]. The lowest BCUT2D eigenvalue weighted by Crippen LogP contribution is -2.34. The number of nitrogens with zero attached hydrogens (tertiary/aromatic N) is 2. The van der Waals surface area contributed by atoms with E-state index in [1.807, 2.05) is 0 Å². The first-order valence-corrected chi connectivity index (χ1v) is 8.00. The van der Waals surface area contributed by atoms with Crippen LogP contribution in [-0.2, 0) is 4.74 Å². The maximum absolute atomic E-state index is 12.9. The van der Waals surface area contributed by atoms with Crippen LogP contribution >= 0.6 is 0 Å². The van der Waals surface area contributed by atoms with Crippen LogP contribution in [0, 0.1) is 20.2 Å². The van der Waals surface area contributed by atoms with Crippen LogP contribution in [0.4, 0.5) is 33.7 Å². The van der Waals surface area contributed by atoms with E-state index in [1.54, 1.807) is 0 Å². The van der Waals surface area contributed by atoms with Crippen molar-refractivity contribution in [1.82, 2.24) is 0 Å². The van der Waals surface area contributed by atoms with Gasteiger partial charge in [0.2, 0.25) is 5.75 Å². The lowest BCUT2D eigenvalue weighted by Gasteiger charge is -2.17. The second kappa shape index (κ2) is 8.35. The van der Waals surface area contributed by atoms with Crippen molar-refractivity contribution in [2.45, 2.75) is 43.9 Å². The molecule has 13 heteroatoms. The Labute approximate surface area is 154 Å². The number of non-ortho nitro benzene ring substituents is 1. The molecule has 0 bridgehead atoms. The van der Waals surface area contributed by atoms with E-state index in [4.69, 9.17) is 0 Å². The Bertz CT molecular complexity index is 782. The van der Waals surface area contributed by atoms with Gasteiger partial charge in [-0.05, 0) is 18.8 Å². The van der Waals surface area contributed by atoms with Gasteiger partial charge >= 0.3 is 24.2 Å². The average molecular weight is 410 g/mol. The first kappa shape index (κ1) is 21.3. The molecular formula is C15H14F4N2O7. The van der Waals surface area contributed by atoms with Crippen LogP contribution < -0.4 is 4.74 Å². The number of halogens is 4. The van der Waals surface area contributed by atoms with E-state index in [-0.39, 0.29) is 5.56 Å². The van der Waals surface area contributed by atoms with Gasteiger partial charge < -0.3 is 9.47 Å². The quantitative estimate of drug-likeness (QED) is 0.212. The van der Waals surface area contributed by atoms with Gasteiger partial charge in [0.1, 0.15) is 0 Å². The Balaban J connectivity index is 2.36. The van der Waals surface area contributed by atoms with Crippen molar-refractivity contribution in [3.63, 3.8) is 0 Å². The molecule has 0 heterocycles. The summed E-state index contributed by atoms with van der Waals surface area (Å²) in [6.45, 7) is -2.00. The minimum Gasteiger partial charge on any atom is -0.427 e. The average Bonchev–Trinajstić information content (AvgIpc) is 3.14. The summed E-state index contributed by atoms with van der Waals surface area (Å²) in [5.41, 5.74) is -1.57. The van der Waals surface area contributed by atoms with Gasteiger partial charge in [0.15, 0.2) is 6.61 Å². The topological polar surface area (TPSA) is 122 Å². The molecule has 0 amide bonds. The smallest absolute Gasteiger partial charge is 0.427 e. The fourth-order valence-corrected chi connectivity index (χ4v) is 2.84. The van der Waals surface area contributed by atoms with E-state index in [9.17, 15) is 42.6 Å². The summed E-state index contributed by atoms with van der Waals surface area (Å²) in [6.07, 6.45) is -3.49. The van der Waals surface area contributed by atoms with Gasteiger partial charge in [-0.25, -0.2) is 13.6 Å². The fourth-order valence-electron chi connectivity index (χ4n) is 2.84. The largest absolute Gasteiger partial charge is 0.514 e. The molecule has 0 radical (unpaired) electrons. The Morgan fingerprint density at radius 2 is 1.79 bits per heavy atom. The molecule has 0 unspecified atom stereocenters. The number of carbonyl (C=O) groups is 1. The van der Waals surface area contributed by atoms with Gasteiger partial charge in [0, 0.05) is 11.6 Å². The summed E-state index contributed by atoms with van der Waals surface area (Å²) < 4.78 is 58.5. The zero-order chi connectivity index (χ0) is 21.1. The number of ether oxygens (including phenoxy) is 2. The summed E-state index contributed by atoms with van der Waals surface area (Å²) >= 11 is 0. The summed E-state index contributed by atoms with van der Waals surface area (Å²) in [5, 5.41) is 22.3. The van der Waals surface area contributed by atoms with Crippen LogP contribution in [0.25, 0.3) is 0 Å². The summed E-state index contributed by atoms with van der Waals surface area (Å²) in [4.78, 5) is 32.1. The molecule has 0 aliphatic heterocycles. The van der Waals surface area contributed by atoms with Crippen LogP contribution in [0.1, 0.15) is 37.2 Å². The lowest BCUT2D eigenvalue weighted by atomic mass is 9.95. The molecule has 2 rings (SSSR count). The van der Waals surface area contributed by atoms with Crippen LogP contribution in [0.5, 0.6) is 5.75 Å². The molecule has 0 saturated heterocycles. The van der Waals surface area contributed by atoms with Crippen molar-refractivity contribution in [2.75, 3.05) is 6.61 Å². The number of nitro groups is 2. The van der Waals surface area contributed by atoms with E-state index in [2.05, 4.69) is 9.47 Å². The lowest BCUT2D eigenvalue weighted by molar-refractivity contribution is -0.394. The van der Waals surface area contributed by atoms with E-state index < -0.39 is 58.0 Å². The second-order valence-electron chi connectivity index (χ2n) is 6.08.